The zero-order chi connectivity index (χ0) is 21.0. The van der Waals surface area contributed by atoms with Crippen molar-refractivity contribution in [3.8, 4) is 0 Å². The number of nitro groups is 1. The van der Waals surface area contributed by atoms with Crippen molar-refractivity contribution in [2.45, 2.75) is 36.1 Å². The molecule has 2 aromatic rings. The van der Waals surface area contributed by atoms with Crippen molar-refractivity contribution in [3.63, 3.8) is 0 Å². The van der Waals surface area contributed by atoms with Crippen LogP contribution in [0.5, 0.6) is 0 Å². The van der Waals surface area contributed by atoms with Crippen LogP contribution in [0.25, 0.3) is 0 Å². The number of aliphatic hydroxyl groups is 1. The maximum Gasteiger partial charge on any atom is 0.269 e. The molecular formula is C20H22N2O6S. The van der Waals surface area contributed by atoms with Crippen molar-refractivity contribution in [1.82, 2.24) is 4.31 Å². The highest BCUT2D eigenvalue weighted by atomic mass is 32.2. The van der Waals surface area contributed by atoms with Crippen LogP contribution in [-0.2, 0) is 21.4 Å². The number of ether oxygens (including phenoxy) is 1. The smallest absolute Gasteiger partial charge is 0.269 e. The monoisotopic (exact) mass is 418 g/mol. The normalized spacial score (nSPS) is 22.0. The summed E-state index contributed by atoms with van der Waals surface area (Å²) in [7, 11) is -3.97. The predicted molar refractivity (Wildman–Crippen MR) is 107 cm³/mol. The van der Waals surface area contributed by atoms with Gasteiger partial charge in [-0.1, -0.05) is 36.4 Å². The van der Waals surface area contributed by atoms with Gasteiger partial charge in [-0.25, -0.2) is 8.42 Å². The summed E-state index contributed by atoms with van der Waals surface area (Å²) in [4.78, 5) is 10.2. The van der Waals surface area contributed by atoms with Crippen LogP contribution in [0.15, 0.2) is 72.1 Å². The molecule has 0 saturated carbocycles. The Morgan fingerprint density at radius 1 is 1.14 bits per heavy atom. The van der Waals surface area contributed by atoms with E-state index in [1.807, 2.05) is 30.3 Å². The molecular weight excluding hydrogens is 396 g/mol. The summed E-state index contributed by atoms with van der Waals surface area (Å²) < 4.78 is 33.1. The summed E-state index contributed by atoms with van der Waals surface area (Å²) in [6.45, 7) is 3.94. The fourth-order valence-corrected chi connectivity index (χ4v) is 5.21. The summed E-state index contributed by atoms with van der Waals surface area (Å²) in [6, 6.07) is 12.7. The average Bonchev–Trinajstić information content (AvgIpc) is 2.72. The molecule has 0 unspecified atom stereocenters. The Labute approximate surface area is 169 Å². The molecule has 0 spiro atoms. The highest BCUT2D eigenvalue weighted by Crippen LogP contribution is 2.36. The first-order chi connectivity index (χ1) is 13.9. The van der Waals surface area contributed by atoms with Crippen LogP contribution >= 0.6 is 0 Å². The number of rotatable bonds is 9. The highest BCUT2D eigenvalue weighted by molar-refractivity contribution is 7.89. The first-order valence-electron chi connectivity index (χ1n) is 9.05. The molecule has 0 radical (unpaired) electrons. The Morgan fingerprint density at radius 3 is 2.38 bits per heavy atom. The second kappa shape index (κ2) is 8.83. The molecule has 154 valence electrons. The zero-order valence-electron chi connectivity index (χ0n) is 15.6. The van der Waals surface area contributed by atoms with Crippen LogP contribution in [-0.4, -0.2) is 47.5 Å². The third kappa shape index (κ3) is 4.38. The topological polar surface area (TPSA) is 110 Å². The largest absolute Gasteiger partial charge is 0.390 e. The lowest BCUT2D eigenvalue weighted by Crippen LogP contribution is -2.70. The van der Waals surface area contributed by atoms with Gasteiger partial charge in [0.05, 0.1) is 41.2 Å². The van der Waals surface area contributed by atoms with E-state index < -0.39 is 33.1 Å². The number of aliphatic hydroxyl groups excluding tert-OH is 1. The molecule has 1 fully saturated rings. The van der Waals surface area contributed by atoms with E-state index in [0.717, 1.165) is 17.7 Å². The van der Waals surface area contributed by atoms with Gasteiger partial charge in [-0.15, -0.1) is 6.58 Å². The number of hydrogen-bond acceptors (Lipinski definition) is 6. The standard InChI is InChI=1S/C20H22N2O6S/c1-2-6-18-20(23)19(14-28-13-15-7-4-3-5-8-15)21(18)29(26,27)17-11-9-16(10-12-17)22(24)25/h2-5,7-12,18-20,23H,1,6,13-14H2/t18-,19-,20+/m0/s1. The molecule has 3 atom stereocenters. The van der Waals surface area contributed by atoms with E-state index in [9.17, 15) is 23.6 Å². The second-order valence-electron chi connectivity index (χ2n) is 6.74. The van der Waals surface area contributed by atoms with Gasteiger partial charge in [0.2, 0.25) is 10.0 Å². The Hall–Kier alpha value is -2.59. The van der Waals surface area contributed by atoms with Gasteiger partial charge >= 0.3 is 0 Å². The lowest BCUT2D eigenvalue weighted by Gasteiger charge is -2.50. The minimum absolute atomic E-state index is 0.0237. The molecule has 9 heteroatoms. The molecule has 1 saturated heterocycles. The van der Waals surface area contributed by atoms with Crippen LogP contribution in [0.3, 0.4) is 0 Å². The van der Waals surface area contributed by atoms with Crippen LogP contribution in [0.2, 0.25) is 0 Å². The molecule has 0 bridgehead atoms. The fourth-order valence-electron chi connectivity index (χ4n) is 3.38. The zero-order valence-corrected chi connectivity index (χ0v) is 16.4. The van der Waals surface area contributed by atoms with E-state index in [0.29, 0.717) is 6.61 Å². The Bertz CT molecular complexity index is 962. The maximum absolute atomic E-state index is 13.1. The number of nitro benzene ring substituents is 1. The molecule has 1 N–H and O–H groups in total. The summed E-state index contributed by atoms with van der Waals surface area (Å²) in [6.07, 6.45) is 0.937. The third-order valence-corrected chi connectivity index (χ3v) is 6.84. The van der Waals surface area contributed by atoms with Crippen molar-refractivity contribution in [2.24, 2.45) is 0 Å². The maximum atomic E-state index is 13.1. The van der Waals surface area contributed by atoms with Crippen LogP contribution in [0.4, 0.5) is 5.69 Å². The van der Waals surface area contributed by atoms with Gasteiger partial charge in [-0.05, 0) is 24.1 Å². The number of sulfonamides is 1. The first-order valence-corrected chi connectivity index (χ1v) is 10.5. The third-order valence-electron chi connectivity index (χ3n) is 4.87. The SMILES string of the molecule is C=CC[C@H]1[C@@H](O)[C@H](COCc2ccccc2)N1S(=O)(=O)c1ccc([N+](=O)[O-])cc1. The van der Waals surface area contributed by atoms with Crippen LogP contribution in [0.1, 0.15) is 12.0 Å². The summed E-state index contributed by atoms with van der Waals surface area (Å²) in [5.74, 6) is 0. The van der Waals surface area contributed by atoms with Crippen LogP contribution in [0, 0.1) is 10.1 Å². The lowest BCUT2D eigenvalue weighted by atomic mass is 9.91. The van der Waals surface area contributed by atoms with Crippen molar-refractivity contribution in [2.75, 3.05) is 6.61 Å². The van der Waals surface area contributed by atoms with Gasteiger partial charge < -0.3 is 9.84 Å². The van der Waals surface area contributed by atoms with E-state index in [-0.39, 0.29) is 23.6 Å². The van der Waals surface area contributed by atoms with E-state index in [4.69, 9.17) is 4.74 Å². The van der Waals surface area contributed by atoms with E-state index in [1.165, 1.54) is 16.4 Å². The molecule has 1 heterocycles. The van der Waals surface area contributed by atoms with Gasteiger partial charge in [-0.3, -0.25) is 10.1 Å². The molecule has 8 nitrogen and oxygen atoms in total. The lowest BCUT2D eigenvalue weighted by molar-refractivity contribution is -0.384. The van der Waals surface area contributed by atoms with Crippen molar-refractivity contribution in [3.05, 3.63) is 82.9 Å². The van der Waals surface area contributed by atoms with Crippen molar-refractivity contribution >= 4 is 15.7 Å². The average molecular weight is 418 g/mol. The van der Waals surface area contributed by atoms with E-state index in [2.05, 4.69) is 6.58 Å². The number of hydrogen-bond donors (Lipinski definition) is 1. The fraction of sp³-hybridized carbons (Fsp3) is 0.300. The Kier molecular flexibility index (Phi) is 6.43. The van der Waals surface area contributed by atoms with Crippen molar-refractivity contribution < 1.29 is 23.2 Å². The van der Waals surface area contributed by atoms with E-state index >= 15 is 0 Å². The highest BCUT2D eigenvalue weighted by Gasteiger charge is 2.53. The minimum Gasteiger partial charge on any atom is -0.390 e. The summed E-state index contributed by atoms with van der Waals surface area (Å²) >= 11 is 0. The molecule has 0 aliphatic carbocycles. The van der Waals surface area contributed by atoms with Gasteiger partial charge in [0.15, 0.2) is 0 Å². The Balaban J connectivity index is 1.77. The predicted octanol–water partition coefficient (Wildman–Crippen LogP) is 2.49. The number of nitrogens with zero attached hydrogens (tertiary/aromatic N) is 2. The molecule has 29 heavy (non-hydrogen) atoms. The first kappa shape index (κ1) is 21.1. The quantitative estimate of drug-likeness (QED) is 0.381. The van der Waals surface area contributed by atoms with Gasteiger partial charge in [0.25, 0.3) is 5.69 Å². The number of non-ortho nitro benzene ring substituents is 1. The number of benzene rings is 2. The van der Waals surface area contributed by atoms with Crippen LogP contribution < -0.4 is 0 Å². The molecule has 1 aliphatic heterocycles. The minimum atomic E-state index is -3.97. The molecule has 2 aromatic carbocycles. The Morgan fingerprint density at radius 2 is 1.79 bits per heavy atom. The second-order valence-corrected chi connectivity index (χ2v) is 8.58. The molecule has 3 rings (SSSR count). The van der Waals surface area contributed by atoms with Gasteiger partial charge in [0.1, 0.15) is 0 Å². The van der Waals surface area contributed by atoms with Crippen molar-refractivity contribution in [1.29, 1.82) is 0 Å². The summed E-state index contributed by atoms with van der Waals surface area (Å²) in [5, 5.41) is 21.3. The molecule has 0 amide bonds. The molecule has 0 aromatic heterocycles. The van der Waals surface area contributed by atoms with Gasteiger partial charge in [-0.2, -0.15) is 4.31 Å². The molecule has 1 aliphatic rings. The summed E-state index contributed by atoms with van der Waals surface area (Å²) in [5.41, 5.74) is 0.742. The van der Waals surface area contributed by atoms with Gasteiger partial charge in [0, 0.05) is 12.1 Å². The van der Waals surface area contributed by atoms with E-state index in [1.54, 1.807) is 6.08 Å².